The van der Waals surface area contributed by atoms with Gasteiger partial charge in [-0.1, -0.05) is 19.9 Å². The zero-order chi connectivity index (χ0) is 14.8. The topological polar surface area (TPSA) is 46.3 Å². The van der Waals surface area contributed by atoms with E-state index < -0.39 is 0 Å². The molecule has 4 rings (SSSR count). The highest BCUT2D eigenvalue weighted by Gasteiger charge is 2.69. The summed E-state index contributed by atoms with van der Waals surface area (Å²) in [5.74, 6) is 1.41. The van der Waals surface area contributed by atoms with Crippen LogP contribution >= 0.6 is 11.3 Å². The Morgan fingerprint density at radius 1 is 1.33 bits per heavy atom. The first-order chi connectivity index (χ1) is 9.96. The summed E-state index contributed by atoms with van der Waals surface area (Å²) >= 11 is 1.73. The molecule has 114 valence electrons. The third-order valence-electron chi connectivity index (χ3n) is 6.24. The number of carbonyl (C=O) groups is 1. The van der Waals surface area contributed by atoms with E-state index in [4.69, 9.17) is 5.73 Å². The second-order valence-electron chi connectivity index (χ2n) is 7.83. The van der Waals surface area contributed by atoms with Gasteiger partial charge in [-0.05, 0) is 48.0 Å². The van der Waals surface area contributed by atoms with E-state index in [1.165, 1.54) is 17.7 Å². The number of nitrogens with two attached hydrogens (primary N) is 1. The fourth-order valence-corrected chi connectivity index (χ4v) is 5.83. The molecule has 4 heteroatoms. The Morgan fingerprint density at radius 3 is 2.43 bits per heavy atom. The molecule has 1 aromatic rings. The molecule has 2 aliphatic carbocycles. The molecule has 0 spiro atoms. The van der Waals surface area contributed by atoms with Crippen molar-refractivity contribution in [2.45, 2.75) is 44.6 Å². The van der Waals surface area contributed by atoms with Gasteiger partial charge in [0.05, 0.1) is 5.41 Å². The van der Waals surface area contributed by atoms with E-state index >= 15 is 0 Å². The summed E-state index contributed by atoms with van der Waals surface area (Å²) in [6.45, 7) is 6.21. The first-order valence-corrected chi connectivity index (χ1v) is 8.93. The van der Waals surface area contributed by atoms with Gasteiger partial charge in [0.2, 0.25) is 5.91 Å². The Labute approximate surface area is 130 Å². The van der Waals surface area contributed by atoms with E-state index in [1.807, 2.05) is 0 Å². The monoisotopic (exact) mass is 304 g/mol. The van der Waals surface area contributed by atoms with Crippen LogP contribution in [-0.4, -0.2) is 29.9 Å². The maximum Gasteiger partial charge on any atom is 0.234 e. The Bertz CT molecular complexity index is 553. The number of hydrogen-bond donors (Lipinski definition) is 1. The predicted octanol–water partition coefficient (Wildman–Crippen LogP) is 2.61. The summed E-state index contributed by atoms with van der Waals surface area (Å²) in [6.07, 6.45) is 3.38. The standard InChI is InChI=1S/C17H24N2OS/c1-16(2)10-17(16,13-4-3-7-21-13)15(20)19-8-11-5-6-12(9-19)14(11)18/h3-4,7,11-12,14H,5-6,8-10,18H2,1-2H3/t11-,12+,14?,17-/m0/s1. The summed E-state index contributed by atoms with van der Waals surface area (Å²) in [7, 11) is 0. The highest BCUT2D eigenvalue weighted by Crippen LogP contribution is 2.66. The molecule has 0 radical (unpaired) electrons. The molecule has 2 N–H and O–H groups in total. The number of carbonyl (C=O) groups excluding carboxylic acids is 1. The minimum Gasteiger partial charge on any atom is -0.341 e. The van der Waals surface area contributed by atoms with Crippen molar-refractivity contribution in [1.82, 2.24) is 4.90 Å². The van der Waals surface area contributed by atoms with Crippen molar-refractivity contribution < 1.29 is 4.79 Å². The van der Waals surface area contributed by atoms with Crippen LogP contribution < -0.4 is 5.73 Å². The molecule has 3 nitrogen and oxygen atoms in total. The van der Waals surface area contributed by atoms with Gasteiger partial charge in [-0.15, -0.1) is 11.3 Å². The van der Waals surface area contributed by atoms with Crippen LogP contribution in [0.25, 0.3) is 0 Å². The van der Waals surface area contributed by atoms with Crippen molar-refractivity contribution in [2.75, 3.05) is 13.1 Å². The van der Waals surface area contributed by atoms with E-state index in [2.05, 4.69) is 36.3 Å². The SMILES string of the molecule is CC1(C)C[C@@]1(C(=O)N1C[C@H]2CC[C@@H](C1)C2N)c1cccs1. The maximum absolute atomic E-state index is 13.3. The molecule has 2 saturated carbocycles. The van der Waals surface area contributed by atoms with Gasteiger partial charge < -0.3 is 10.6 Å². The smallest absolute Gasteiger partial charge is 0.234 e. The van der Waals surface area contributed by atoms with Crippen LogP contribution in [0.3, 0.4) is 0 Å². The molecule has 1 unspecified atom stereocenters. The number of likely N-dealkylation sites (tertiary alicyclic amines) is 1. The fourth-order valence-electron chi connectivity index (χ4n) is 4.73. The van der Waals surface area contributed by atoms with Gasteiger partial charge in [0.1, 0.15) is 0 Å². The van der Waals surface area contributed by atoms with E-state index in [-0.39, 0.29) is 10.8 Å². The molecule has 3 fully saturated rings. The average molecular weight is 304 g/mol. The van der Waals surface area contributed by atoms with Crippen LogP contribution in [0.4, 0.5) is 0 Å². The van der Waals surface area contributed by atoms with E-state index in [0.717, 1.165) is 19.5 Å². The molecule has 1 aliphatic heterocycles. The quantitative estimate of drug-likeness (QED) is 0.913. The van der Waals surface area contributed by atoms with Crippen LogP contribution in [-0.2, 0) is 10.2 Å². The van der Waals surface area contributed by atoms with Gasteiger partial charge >= 0.3 is 0 Å². The first kappa shape index (κ1) is 13.8. The lowest BCUT2D eigenvalue weighted by Crippen LogP contribution is -2.53. The van der Waals surface area contributed by atoms with E-state index in [9.17, 15) is 4.79 Å². The van der Waals surface area contributed by atoms with Crippen LogP contribution in [0, 0.1) is 17.3 Å². The van der Waals surface area contributed by atoms with E-state index in [0.29, 0.717) is 23.8 Å². The van der Waals surface area contributed by atoms with E-state index in [1.54, 1.807) is 11.3 Å². The lowest BCUT2D eigenvalue weighted by molar-refractivity contribution is -0.137. The second kappa shape index (κ2) is 4.32. The fraction of sp³-hybridized carbons (Fsp3) is 0.706. The van der Waals surface area contributed by atoms with Crippen LogP contribution in [0.2, 0.25) is 0 Å². The summed E-state index contributed by atoms with van der Waals surface area (Å²) in [6, 6.07) is 4.53. The molecule has 2 bridgehead atoms. The van der Waals surface area contributed by atoms with Crippen molar-refractivity contribution in [3.05, 3.63) is 22.4 Å². The number of thiophene rings is 1. The minimum atomic E-state index is -0.262. The van der Waals surface area contributed by atoms with Gasteiger partial charge in [0.25, 0.3) is 0 Å². The molecule has 1 aromatic heterocycles. The molecule has 4 atom stereocenters. The Kier molecular flexibility index (Phi) is 2.84. The molecular formula is C17H24N2OS. The van der Waals surface area contributed by atoms with Crippen LogP contribution in [0.15, 0.2) is 17.5 Å². The summed E-state index contributed by atoms with van der Waals surface area (Å²) in [4.78, 5) is 16.7. The Hall–Kier alpha value is -0.870. The number of hydrogen-bond acceptors (Lipinski definition) is 3. The van der Waals surface area contributed by atoms with Gasteiger partial charge in [-0.2, -0.15) is 0 Å². The zero-order valence-corrected chi connectivity index (χ0v) is 13.7. The number of nitrogens with zero attached hydrogens (tertiary/aromatic N) is 1. The first-order valence-electron chi connectivity index (χ1n) is 8.05. The van der Waals surface area contributed by atoms with Gasteiger partial charge in [-0.25, -0.2) is 0 Å². The normalized spacial score (nSPS) is 40.3. The summed E-state index contributed by atoms with van der Waals surface area (Å²) < 4.78 is 0. The maximum atomic E-state index is 13.3. The summed E-state index contributed by atoms with van der Waals surface area (Å²) in [5.41, 5.74) is 6.11. The molecule has 0 aromatic carbocycles. The van der Waals surface area contributed by atoms with Gasteiger partial charge in [0, 0.05) is 24.0 Å². The summed E-state index contributed by atoms with van der Waals surface area (Å²) in [5, 5.41) is 2.09. The molecule has 21 heavy (non-hydrogen) atoms. The molecular weight excluding hydrogens is 280 g/mol. The Morgan fingerprint density at radius 2 is 1.95 bits per heavy atom. The number of fused-ring (bicyclic) bond motifs is 2. The third-order valence-corrected chi connectivity index (χ3v) is 7.27. The molecule has 2 heterocycles. The number of amides is 1. The number of piperidine rings is 1. The zero-order valence-electron chi connectivity index (χ0n) is 12.8. The highest BCUT2D eigenvalue weighted by atomic mass is 32.1. The average Bonchev–Trinajstić information content (AvgIpc) is 2.78. The van der Waals surface area contributed by atoms with Crippen molar-refractivity contribution >= 4 is 17.2 Å². The Balaban J connectivity index is 1.63. The van der Waals surface area contributed by atoms with Gasteiger partial charge in [-0.3, -0.25) is 4.79 Å². The molecule has 3 aliphatic rings. The van der Waals surface area contributed by atoms with Crippen molar-refractivity contribution in [2.24, 2.45) is 23.0 Å². The highest BCUT2D eigenvalue weighted by molar-refractivity contribution is 7.10. The predicted molar refractivity (Wildman–Crippen MR) is 85.2 cm³/mol. The van der Waals surface area contributed by atoms with Crippen LogP contribution in [0.1, 0.15) is 38.0 Å². The largest absolute Gasteiger partial charge is 0.341 e. The van der Waals surface area contributed by atoms with Crippen molar-refractivity contribution in [3.63, 3.8) is 0 Å². The lowest BCUT2D eigenvalue weighted by atomic mass is 9.88. The van der Waals surface area contributed by atoms with Crippen molar-refractivity contribution in [3.8, 4) is 0 Å². The second-order valence-corrected chi connectivity index (χ2v) is 8.78. The molecule has 1 amide bonds. The number of rotatable bonds is 2. The third kappa shape index (κ3) is 1.78. The van der Waals surface area contributed by atoms with Crippen molar-refractivity contribution in [1.29, 1.82) is 0 Å². The minimum absolute atomic E-state index is 0.0908. The molecule has 1 saturated heterocycles. The lowest BCUT2D eigenvalue weighted by Gasteiger charge is -2.38. The van der Waals surface area contributed by atoms with Gasteiger partial charge in [0.15, 0.2) is 0 Å². The van der Waals surface area contributed by atoms with Crippen LogP contribution in [0.5, 0.6) is 0 Å².